The highest BCUT2D eigenvalue weighted by atomic mass is 32.2. The van der Waals surface area contributed by atoms with Gasteiger partial charge in [0.25, 0.3) is 5.69 Å². The number of aromatic nitrogens is 2. The van der Waals surface area contributed by atoms with Gasteiger partial charge in [-0.1, -0.05) is 17.8 Å². The van der Waals surface area contributed by atoms with Crippen LogP contribution in [0.2, 0.25) is 0 Å². The molecular formula is C13H14N4O2S. The maximum Gasteiger partial charge on any atom is 0.292 e. The normalized spacial score (nSPS) is 10.3. The third-order valence-electron chi connectivity index (χ3n) is 2.67. The van der Waals surface area contributed by atoms with Crippen LogP contribution in [0.25, 0.3) is 0 Å². The smallest absolute Gasteiger partial charge is 0.292 e. The summed E-state index contributed by atoms with van der Waals surface area (Å²) in [4.78, 5) is 19.0. The fourth-order valence-electron chi connectivity index (χ4n) is 1.67. The lowest BCUT2D eigenvalue weighted by atomic mass is 10.2. The molecule has 1 aromatic heterocycles. The number of nitro benzene ring substituents is 1. The number of anilines is 1. The molecule has 0 amide bonds. The van der Waals surface area contributed by atoms with Crippen LogP contribution in [-0.4, -0.2) is 21.9 Å². The van der Waals surface area contributed by atoms with Gasteiger partial charge in [-0.15, -0.1) is 0 Å². The molecule has 104 valence electrons. The highest BCUT2D eigenvalue weighted by Crippen LogP contribution is 2.28. The zero-order chi connectivity index (χ0) is 14.5. The summed E-state index contributed by atoms with van der Waals surface area (Å²) in [5, 5.41) is 14.5. The first-order valence-corrected chi connectivity index (χ1v) is 6.96. The molecule has 1 N–H and O–H groups in total. The Morgan fingerprint density at radius 3 is 2.85 bits per heavy atom. The van der Waals surface area contributed by atoms with Gasteiger partial charge in [-0.25, -0.2) is 9.97 Å². The number of nitro groups is 1. The van der Waals surface area contributed by atoms with Gasteiger partial charge in [-0.3, -0.25) is 10.1 Å². The van der Waals surface area contributed by atoms with Crippen LogP contribution in [-0.2, 0) is 5.75 Å². The van der Waals surface area contributed by atoms with Crippen molar-refractivity contribution < 1.29 is 4.92 Å². The predicted molar refractivity (Wildman–Crippen MR) is 79.0 cm³/mol. The minimum absolute atomic E-state index is 0.0794. The van der Waals surface area contributed by atoms with Crippen molar-refractivity contribution in [2.75, 3.05) is 12.4 Å². The number of rotatable bonds is 5. The number of aryl methyl sites for hydroxylation is 1. The SMILES string of the molecule is CNc1ccc(CSc2nccc(C)n2)cc1[N+](=O)[O-]. The standard InChI is InChI=1S/C13H14N4O2S/c1-9-5-6-15-13(16-9)20-8-10-3-4-11(14-2)12(7-10)17(18)19/h3-7,14H,8H2,1-2H3. The van der Waals surface area contributed by atoms with Gasteiger partial charge in [0.05, 0.1) is 4.92 Å². The second-order valence-corrected chi connectivity index (χ2v) is 5.07. The molecule has 0 radical (unpaired) electrons. The van der Waals surface area contributed by atoms with Gasteiger partial charge >= 0.3 is 0 Å². The Labute approximate surface area is 120 Å². The van der Waals surface area contributed by atoms with E-state index in [1.807, 2.05) is 19.1 Å². The molecule has 0 aliphatic rings. The van der Waals surface area contributed by atoms with Crippen molar-refractivity contribution in [2.24, 2.45) is 0 Å². The van der Waals surface area contributed by atoms with Crippen LogP contribution in [0.3, 0.4) is 0 Å². The Bertz CT molecular complexity index is 634. The Morgan fingerprint density at radius 2 is 2.20 bits per heavy atom. The molecule has 0 atom stereocenters. The highest BCUT2D eigenvalue weighted by Gasteiger charge is 2.13. The topological polar surface area (TPSA) is 81.0 Å². The van der Waals surface area contributed by atoms with Crippen molar-refractivity contribution in [1.82, 2.24) is 9.97 Å². The Kier molecular flexibility index (Phi) is 4.52. The van der Waals surface area contributed by atoms with E-state index in [9.17, 15) is 10.1 Å². The molecule has 1 heterocycles. The van der Waals surface area contributed by atoms with Crippen LogP contribution in [0.1, 0.15) is 11.3 Å². The number of nitrogens with zero attached hydrogens (tertiary/aromatic N) is 3. The van der Waals surface area contributed by atoms with Gasteiger partial charge in [-0.2, -0.15) is 0 Å². The second kappa shape index (κ2) is 6.33. The first-order valence-electron chi connectivity index (χ1n) is 5.97. The van der Waals surface area contributed by atoms with Crippen molar-refractivity contribution in [1.29, 1.82) is 0 Å². The summed E-state index contributed by atoms with van der Waals surface area (Å²) >= 11 is 1.46. The molecule has 6 nitrogen and oxygen atoms in total. The Morgan fingerprint density at radius 1 is 1.40 bits per heavy atom. The van der Waals surface area contributed by atoms with E-state index in [-0.39, 0.29) is 10.6 Å². The minimum atomic E-state index is -0.386. The van der Waals surface area contributed by atoms with E-state index in [4.69, 9.17) is 0 Å². The molecule has 7 heteroatoms. The molecule has 0 bridgehead atoms. The molecule has 0 fully saturated rings. The fraction of sp³-hybridized carbons (Fsp3) is 0.231. The number of thioether (sulfide) groups is 1. The second-order valence-electron chi connectivity index (χ2n) is 4.13. The summed E-state index contributed by atoms with van der Waals surface area (Å²) < 4.78 is 0. The van der Waals surface area contributed by atoms with Crippen molar-refractivity contribution >= 4 is 23.1 Å². The molecule has 0 saturated heterocycles. The van der Waals surface area contributed by atoms with Gasteiger partial charge in [0.1, 0.15) is 5.69 Å². The lowest BCUT2D eigenvalue weighted by Gasteiger charge is -2.05. The van der Waals surface area contributed by atoms with E-state index in [1.54, 1.807) is 25.4 Å². The number of hydrogen-bond donors (Lipinski definition) is 1. The third-order valence-corrected chi connectivity index (χ3v) is 3.60. The highest BCUT2D eigenvalue weighted by molar-refractivity contribution is 7.98. The molecule has 2 rings (SSSR count). The van der Waals surface area contributed by atoms with E-state index < -0.39 is 0 Å². The zero-order valence-electron chi connectivity index (χ0n) is 11.2. The lowest BCUT2D eigenvalue weighted by molar-refractivity contribution is -0.384. The Hall–Kier alpha value is -2.15. The van der Waals surface area contributed by atoms with E-state index >= 15 is 0 Å². The summed E-state index contributed by atoms with van der Waals surface area (Å²) in [6.07, 6.45) is 1.71. The van der Waals surface area contributed by atoms with Crippen molar-refractivity contribution in [3.63, 3.8) is 0 Å². The van der Waals surface area contributed by atoms with Crippen LogP contribution in [0.4, 0.5) is 11.4 Å². The molecule has 0 unspecified atom stereocenters. The van der Waals surface area contributed by atoms with Gasteiger partial charge in [-0.05, 0) is 24.6 Å². The van der Waals surface area contributed by atoms with Crippen molar-refractivity contribution in [3.8, 4) is 0 Å². The van der Waals surface area contributed by atoms with Crippen LogP contribution in [0.15, 0.2) is 35.6 Å². The zero-order valence-corrected chi connectivity index (χ0v) is 12.0. The number of nitrogens with one attached hydrogen (secondary N) is 1. The summed E-state index contributed by atoms with van der Waals surface area (Å²) in [5.74, 6) is 0.592. The third kappa shape index (κ3) is 3.45. The summed E-state index contributed by atoms with van der Waals surface area (Å²) in [7, 11) is 1.66. The molecule has 0 aliphatic heterocycles. The van der Waals surface area contributed by atoms with Crippen molar-refractivity contribution in [2.45, 2.75) is 17.8 Å². The molecule has 0 spiro atoms. The maximum atomic E-state index is 11.0. The molecule has 1 aromatic carbocycles. The molecule has 0 saturated carbocycles. The summed E-state index contributed by atoms with van der Waals surface area (Å²) in [6, 6.07) is 6.98. The fourth-order valence-corrected chi connectivity index (χ4v) is 2.49. The molecule has 20 heavy (non-hydrogen) atoms. The van der Waals surface area contributed by atoms with Gasteiger partial charge in [0.2, 0.25) is 0 Å². The van der Waals surface area contributed by atoms with E-state index in [0.29, 0.717) is 16.6 Å². The largest absolute Gasteiger partial charge is 0.383 e. The molecule has 0 aliphatic carbocycles. The maximum absolute atomic E-state index is 11.0. The van der Waals surface area contributed by atoms with Crippen LogP contribution < -0.4 is 5.32 Å². The average Bonchev–Trinajstić information content (AvgIpc) is 2.45. The van der Waals surface area contributed by atoms with Crippen LogP contribution in [0.5, 0.6) is 0 Å². The minimum Gasteiger partial charge on any atom is -0.383 e. The predicted octanol–water partition coefficient (Wildman–Crippen LogP) is 3.03. The first kappa shape index (κ1) is 14.3. The number of hydrogen-bond acceptors (Lipinski definition) is 6. The van der Waals surface area contributed by atoms with E-state index in [0.717, 1.165) is 11.3 Å². The quantitative estimate of drug-likeness (QED) is 0.394. The van der Waals surface area contributed by atoms with Crippen LogP contribution >= 0.6 is 11.8 Å². The monoisotopic (exact) mass is 290 g/mol. The molecular weight excluding hydrogens is 276 g/mol. The van der Waals surface area contributed by atoms with Crippen LogP contribution in [0, 0.1) is 17.0 Å². The van der Waals surface area contributed by atoms with E-state index in [1.165, 1.54) is 11.8 Å². The lowest BCUT2D eigenvalue weighted by Crippen LogP contribution is -1.97. The van der Waals surface area contributed by atoms with Gasteiger partial charge in [0, 0.05) is 30.8 Å². The Balaban J connectivity index is 2.14. The van der Waals surface area contributed by atoms with E-state index in [2.05, 4.69) is 15.3 Å². The molecule has 2 aromatic rings. The van der Waals surface area contributed by atoms with Gasteiger partial charge in [0.15, 0.2) is 5.16 Å². The first-order chi connectivity index (χ1) is 9.60. The van der Waals surface area contributed by atoms with Gasteiger partial charge < -0.3 is 5.32 Å². The summed E-state index contributed by atoms with van der Waals surface area (Å²) in [6.45, 7) is 1.90. The van der Waals surface area contributed by atoms with Crippen molar-refractivity contribution in [3.05, 3.63) is 51.8 Å². The number of benzene rings is 1. The summed E-state index contributed by atoms with van der Waals surface area (Å²) in [5.41, 5.74) is 2.36. The average molecular weight is 290 g/mol.